The summed E-state index contributed by atoms with van der Waals surface area (Å²) in [5, 5.41) is 13.0. The minimum absolute atomic E-state index is 0.0609. The molecule has 2 aliphatic heterocycles. The molecule has 0 unspecified atom stereocenters. The lowest BCUT2D eigenvalue weighted by atomic mass is 9.45. The third-order valence-electron chi connectivity index (χ3n) is 10.6. The summed E-state index contributed by atoms with van der Waals surface area (Å²) in [7, 11) is 0. The number of anilines is 3. The summed E-state index contributed by atoms with van der Waals surface area (Å²) < 4.78 is 5.45. The third-order valence-corrected chi connectivity index (χ3v) is 12.8. The van der Waals surface area contributed by atoms with Crippen molar-refractivity contribution in [3.05, 3.63) is 139 Å². The molecule has 2 aliphatic rings. The van der Waals surface area contributed by atoms with Crippen LogP contribution in [0, 0.1) is 0 Å². The molecule has 0 atom stereocenters. The first-order chi connectivity index (χ1) is 23.3. The summed E-state index contributed by atoms with van der Waals surface area (Å²) in [5.41, 5.74) is 10.6. The van der Waals surface area contributed by atoms with Crippen molar-refractivity contribution in [2.45, 2.75) is 0 Å². The van der Waals surface area contributed by atoms with Gasteiger partial charge in [0.15, 0.2) is 0 Å². The van der Waals surface area contributed by atoms with E-state index < -0.39 is 0 Å². The van der Waals surface area contributed by atoms with E-state index in [0.717, 1.165) is 0 Å². The monoisotopic (exact) mass is 630 g/mol. The highest BCUT2D eigenvalue weighted by Gasteiger charge is 2.45. The predicted octanol–water partition coefficient (Wildman–Crippen LogP) is 10.9. The molecule has 10 aromatic rings. The Morgan fingerprint density at radius 1 is 0.553 bits per heavy atom. The van der Waals surface area contributed by atoms with Gasteiger partial charge in [-0.25, -0.2) is 0 Å². The van der Waals surface area contributed by atoms with Gasteiger partial charge in [0, 0.05) is 69.2 Å². The first-order valence-electron chi connectivity index (χ1n) is 16.1. The smallest absolute Gasteiger partial charge is 0.334 e. The standard InChI is InChI=1S/C42H23BN2S2/c1-2-11-26-21-27(19-17-24(26)9-1)44-34-20-18-25-10-3-4-12-28(25)38(34)43-39-35(44)23-46-42(39)32-22-31-29-13-6-8-16-36(29)47-41(31)37-30-14-5-7-15-33(30)45(43)40(32)37/h1-23H. The van der Waals surface area contributed by atoms with E-state index in [4.69, 9.17) is 0 Å². The average Bonchev–Trinajstić information content (AvgIpc) is 3.83. The van der Waals surface area contributed by atoms with E-state index in [0.29, 0.717) is 0 Å². The van der Waals surface area contributed by atoms with Gasteiger partial charge in [-0.1, -0.05) is 97.1 Å². The van der Waals surface area contributed by atoms with Gasteiger partial charge >= 0.3 is 6.85 Å². The quantitative estimate of drug-likeness (QED) is 0.164. The maximum absolute atomic E-state index is 2.70. The van der Waals surface area contributed by atoms with Crippen molar-refractivity contribution in [3.8, 4) is 10.4 Å². The van der Waals surface area contributed by atoms with Crippen LogP contribution in [0.3, 0.4) is 0 Å². The normalized spacial score (nSPS) is 13.4. The van der Waals surface area contributed by atoms with Crippen molar-refractivity contribution in [1.82, 2.24) is 4.48 Å². The van der Waals surface area contributed by atoms with Crippen molar-refractivity contribution in [1.29, 1.82) is 0 Å². The van der Waals surface area contributed by atoms with Crippen LogP contribution in [-0.2, 0) is 0 Å². The Labute approximate surface area is 278 Å². The van der Waals surface area contributed by atoms with Gasteiger partial charge < -0.3 is 9.38 Å². The van der Waals surface area contributed by atoms with Crippen molar-refractivity contribution < 1.29 is 0 Å². The van der Waals surface area contributed by atoms with E-state index >= 15 is 0 Å². The Hall–Kier alpha value is -5.36. The molecule has 0 aliphatic carbocycles. The van der Waals surface area contributed by atoms with E-state index in [-0.39, 0.29) is 6.85 Å². The van der Waals surface area contributed by atoms with Crippen molar-refractivity contribution in [2.75, 3.05) is 4.90 Å². The molecule has 216 valence electrons. The Morgan fingerprint density at radius 3 is 2.21 bits per heavy atom. The summed E-state index contributed by atoms with van der Waals surface area (Å²) in [6, 6.07) is 49.8. The van der Waals surface area contributed by atoms with Crippen molar-refractivity contribution in [2.24, 2.45) is 0 Å². The maximum atomic E-state index is 2.70. The molecule has 0 radical (unpaired) electrons. The molecule has 0 bridgehead atoms. The molecule has 0 spiro atoms. The summed E-state index contributed by atoms with van der Waals surface area (Å²) >= 11 is 3.85. The first-order valence-corrected chi connectivity index (χ1v) is 17.8. The second-order valence-electron chi connectivity index (χ2n) is 12.9. The fourth-order valence-corrected chi connectivity index (χ4v) is 11.0. The molecule has 3 aromatic heterocycles. The molecule has 0 saturated heterocycles. The highest BCUT2D eigenvalue weighted by Crippen LogP contribution is 2.52. The number of hydrogen-bond acceptors (Lipinski definition) is 3. The lowest BCUT2D eigenvalue weighted by molar-refractivity contribution is 1.28. The van der Waals surface area contributed by atoms with Crippen LogP contribution in [0.25, 0.3) is 74.0 Å². The Morgan fingerprint density at radius 2 is 1.30 bits per heavy atom. The van der Waals surface area contributed by atoms with Crippen molar-refractivity contribution in [3.63, 3.8) is 0 Å². The van der Waals surface area contributed by atoms with Gasteiger partial charge in [-0.05, 0) is 68.9 Å². The van der Waals surface area contributed by atoms with Crippen LogP contribution in [-0.4, -0.2) is 11.3 Å². The number of nitrogens with zero attached hydrogens (tertiary/aromatic N) is 2. The molecule has 2 nitrogen and oxygen atoms in total. The molecule has 5 heterocycles. The lowest BCUT2D eigenvalue weighted by Gasteiger charge is -2.38. The number of aromatic nitrogens is 1. The van der Waals surface area contributed by atoms with E-state index in [1.165, 1.54) is 102 Å². The van der Waals surface area contributed by atoms with Gasteiger partial charge in [-0.15, -0.1) is 22.7 Å². The van der Waals surface area contributed by atoms with Crippen LogP contribution < -0.4 is 15.8 Å². The summed E-state index contributed by atoms with van der Waals surface area (Å²) in [6.07, 6.45) is 0. The SMILES string of the molecule is c1ccc2cc(N3c4csc5c4B(c4c3ccc3ccccc43)n3c4ccccc4c4c6sc7ccccc7c6cc-5c43)ccc2c1. The third kappa shape index (κ3) is 3.03. The lowest BCUT2D eigenvalue weighted by Crippen LogP contribution is -2.56. The molecule has 5 heteroatoms. The van der Waals surface area contributed by atoms with Gasteiger partial charge in [0.2, 0.25) is 0 Å². The van der Waals surface area contributed by atoms with E-state index in [9.17, 15) is 0 Å². The maximum Gasteiger partial charge on any atom is 0.334 e. The minimum atomic E-state index is 0.0609. The molecular weight excluding hydrogens is 607 g/mol. The first kappa shape index (κ1) is 24.8. The highest BCUT2D eigenvalue weighted by molar-refractivity contribution is 7.27. The number of thiophene rings is 2. The number of rotatable bonds is 1. The predicted molar refractivity (Wildman–Crippen MR) is 206 cm³/mol. The molecule has 0 N–H and O–H groups in total. The second-order valence-corrected chi connectivity index (χ2v) is 14.8. The number of hydrogen-bond donors (Lipinski definition) is 0. The fraction of sp³-hybridized carbons (Fsp3) is 0. The molecule has 0 amide bonds. The number of benzene rings is 7. The summed E-state index contributed by atoms with van der Waals surface area (Å²) in [6.45, 7) is 0.0609. The van der Waals surface area contributed by atoms with Crippen LogP contribution in [0.1, 0.15) is 0 Å². The number of para-hydroxylation sites is 1. The molecular formula is C42H23BN2S2. The van der Waals surface area contributed by atoms with Crippen LogP contribution in [0.4, 0.5) is 17.1 Å². The average molecular weight is 631 g/mol. The van der Waals surface area contributed by atoms with E-state index in [2.05, 4.69) is 148 Å². The zero-order valence-electron chi connectivity index (χ0n) is 25.1. The van der Waals surface area contributed by atoms with Crippen LogP contribution in [0.5, 0.6) is 0 Å². The molecule has 0 saturated carbocycles. The Kier molecular flexibility index (Phi) is 4.60. The van der Waals surface area contributed by atoms with Gasteiger partial charge in [-0.2, -0.15) is 0 Å². The van der Waals surface area contributed by atoms with Crippen molar-refractivity contribution >= 4 is 121 Å². The van der Waals surface area contributed by atoms with Gasteiger partial charge in [-0.3, -0.25) is 0 Å². The van der Waals surface area contributed by atoms with E-state index in [1.54, 1.807) is 0 Å². The fourth-order valence-electron chi connectivity index (χ4n) is 8.70. The minimum Gasteiger partial charge on any atom is -0.375 e. The molecule has 7 aromatic carbocycles. The van der Waals surface area contributed by atoms with E-state index in [1.807, 2.05) is 22.7 Å². The zero-order chi connectivity index (χ0) is 30.4. The van der Waals surface area contributed by atoms with Crippen LogP contribution in [0.2, 0.25) is 0 Å². The molecule has 0 fully saturated rings. The zero-order valence-corrected chi connectivity index (χ0v) is 26.7. The summed E-state index contributed by atoms with van der Waals surface area (Å²) in [4.78, 5) is 3.93. The van der Waals surface area contributed by atoms with Crippen LogP contribution >= 0.6 is 22.7 Å². The Balaban J connectivity index is 1.28. The second kappa shape index (κ2) is 8.71. The van der Waals surface area contributed by atoms with Gasteiger partial charge in [0.05, 0.1) is 5.69 Å². The highest BCUT2D eigenvalue weighted by atomic mass is 32.1. The Bertz CT molecular complexity index is 3000. The van der Waals surface area contributed by atoms with Gasteiger partial charge in [0.1, 0.15) is 0 Å². The van der Waals surface area contributed by atoms with Crippen LogP contribution in [0.15, 0.2) is 139 Å². The topological polar surface area (TPSA) is 8.17 Å². The number of fused-ring (bicyclic) bond motifs is 14. The summed E-state index contributed by atoms with van der Waals surface area (Å²) in [5.74, 6) is 0. The largest absolute Gasteiger partial charge is 0.375 e. The molecule has 12 rings (SSSR count). The molecule has 47 heavy (non-hydrogen) atoms. The van der Waals surface area contributed by atoms with Gasteiger partial charge in [0.25, 0.3) is 0 Å².